The fraction of sp³-hybridized carbons (Fsp3) is 0.360. The van der Waals surface area contributed by atoms with Crippen LogP contribution in [-0.2, 0) is 4.84 Å². The van der Waals surface area contributed by atoms with Crippen LogP contribution in [0.1, 0.15) is 24.0 Å². The lowest BCUT2D eigenvalue weighted by atomic mass is 10.0. The number of para-hydroxylation sites is 1. The predicted molar refractivity (Wildman–Crippen MR) is 136 cm³/mol. The molecule has 172 valence electrons. The van der Waals surface area contributed by atoms with E-state index in [-0.39, 0.29) is 5.88 Å². The van der Waals surface area contributed by atoms with Crippen LogP contribution in [0.15, 0.2) is 57.1 Å². The monoisotopic (exact) mass is 509 g/mol. The molecule has 2 aromatic carbocycles. The molecule has 7 nitrogen and oxygen atoms in total. The van der Waals surface area contributed by atoms with Crippen molar-refractivity contribution in [1.29, 1.82) is 0 Å². The van der Waals surface area contributed by atoms with E-state index in [2.05, 4.69) is 50.0 Å². The first-order valence-corrected chi connectivity index (χ1v) is 12.1. The van der Waals surface area contributed by atoms with Crippen LogP contribution in [0.2, 0.25) is 0 Å². The summed E-state index contributed by atoms with van der Waals surface area (Å²) in [5.41, 5.74) is 4.45. The number of aliphatic imine (C=N–C) groups is 1. The summed E-state index contributed by atoms with van der Waals surface area (Å²) in [6, 6.07) is 14.3. The van der Waals surface area contributed by atoms with Gasteiger partial charge in [-0.05, 0) is 64.3 Å². The molecule has 2 aliphatic heterocycles. The molecule has 1 saturated heterocycles. The number of oxime groups is 1. The number of nitrogens with zero attached hydrogens (tertiary/aromatic N) is 4. The van der Waals surface area contributed by atoms with Gasteiger partial charge in [-0.2, -0.15) is 0 Å². The van der Waals surface area contributed by atoms with Crippen molar-refractivity contribution in [1.82, 2.24) is 14.8 Å². The summed E-state index contributed by atoms with van der Waals surface area (Å²) in [6.45, 7) is 3.58. The first-order chi connectivity index (χ1) is 16.0. The molecule has 8 heteroatoms. The van der Waals surface area contributed by atoms with Crippen molar-refractivity contribution < 1.29 is 9.94 Å². The molecule has 0 saturated carbocycles. The lowest BCUT2D eigenvalue weighted by Crippen LogP contribution is -2.42. The van der Waals surface area contributed by atoms with Gasteiger partial charge < -0.3 is 19.8 Å². The molecule has 0 unspecified atom stereocenters. The maximum Gasteiger partial charge on any atom is 0.199 e. The lowest BCUT2D eigenvalue weighted by Gasteiger charge is -2.34. The second-order valence-electron chi connectivity index (χ2n) is 8.80. The standard InChI is InChI=1S/C25H28BrN5O2/c1-30-11-9-17(10-12-30)31(2)13-14-33-29-23-18-5-3-4-6-20(18)27-24(23)22-19-15-16(26)7-8-21(19)28-25(22)32/h3-8,15,17,28,32H,9-14H2,1-2H3/b29-23+. The summed E-state index contributed by atoms with van der Waals surface area (Å²) in [7, 11) is 4.34. The number of aromatic nitrogens is 1. The van der Waals surface area contributed by atoms with Crippen molar-refractivity contribution in [2.24, 2.45) is 10.1 Å². The van der Waals surface area contributed by atoms with Gasteiger partial charge >= 0.3 is 0 Å². The molecule has 0 spiro atoms. The number of rotatable bonds is 6. The zero-order chi connectivity index (χ0) is 22.9. The zero-order valence-electron chi connectivity index (χ0n) is 18.9. The Balaban J connectivity index is 1.38. The molecule has 1 fully saturated rings. The Morgan fingerprint density at radius 1 is 1.24 bits per heavy atom. The van der Waals surface area contributed by atoms with Gasteiger partial charge in [0.05, 0.1) is 11.3 Å². The zero-order valence-corrected chi connectivity index (χ0v) is 20.5. The highest BCUT2D eigenvalue weighted by Crippen LogP contribution is 2.36. The molecule has 1 aromatic heterocycles. The minimum Gasteiger partial charge on any atom is -0.494 e. The fourth-order valence-corrected chi connectivity index (χ4v) is 5.00. The van der Waals surface area contributed by atoms with Crippen molar-refractivity contribution >= 4 is 43.9 Å². The first kappa shape index (κ1) is 22.1. The maximum absolute atomic E-state index is 10.7. The topological polar surface area (TPSA) is 76.5 Å². The van der Waals surface area contributed by atoms with Crippen molar-refractivity contribution in [3.05, 3.63) is 58.1 Å². The SMILES string of the molecule is CN1CCC(N(C)CCO/N=C2/C(c3c(O)[nH]c4ccc(Br)cc34)=Nc3ccccc32)CC1. The number of likely N-dealkylation sites (N-methyl/N-ethyl adjacent to an activating group) is 1. The number of nitrogens with one attached hydrogen (secondary N) is 1. The van der Waals surface area contributed by atoms with Gasteiger partial charge in [0, 0.05) is 33.5 Å². The Labute approximate surface area is 201 Å². The Kier molecular flexibility index (Phi) is 6.23. The normalized spacial score (nSPS) is 18.3. The van der Waals surface area contributed by atoms with E-state index in [1.54, 1.807) is 0 Å². The van der Waals surface area contributed by atoms with Crippen molar-refractivity contribution in [2.45, 2.75) is 18.9 Å². The third kappa shape index (κ3) is 4.43. The molecule has 0 amide bonds. The number of hydrogen-bond donors (Lipinski definition) is 2. The highest BCUT2D eigenvalue weighted by atomic mass is 79.9. The molecule has 2 N–H and O–H groups in total. The summed E-state index contributed by atoms with van der Waals surface area (Å²) in [6.07, 6.45) is 2.36. The minimum atomic E-state index is 0.0735. The van der Waals surface area contributed by atoms with Gasteiger partial charge in [-0.25, -0.2) is 4.99 Å². The number of H-pyrrole nitrogens is 1. The molecular formula is C25H28BrN5O2. The van der Waals surface area contributed by atoms with Gasteiger partial charge in [-0.15, -0.1) is 0 Å². The van der Waals surface area contributed by atoms with E-state index >= 15 is 0 Å². The van der Waals surface area contributed by atoms with E-state index in [0.717, 1.165) is 46.3 Å². The number of fused-ring (bicyclic) bond motifs is 2. The average Bonchev–Trinajstić information content (AvgIpc) is 3.33. The molecule has 0 aliphatic carbocycles. The van der Waals surface area contributed by atoms with Crippen molar-refractivity contribution in [2.75, 3.05) is 40.3 Å². The summed E-state index contributed by atoms with van der Waals surface area (Å²) in [4.78, 5) is 18.4. The quantitative estimate of drug-likeness (QED) is 0.378. The van der Waals surface area contributed by atoms with E-state index < -0.39 is 0 Å². The van der Waals surface area contributed by atoms with E-state index in [1.165, 1.54) is 12.8 Å². The van der Waals surface area contributed by atoms with Crippen molar-refractivity contribution in [3.8, 4) is 5.88 Å². The van der Waals surface area contributed by atoms with Crippen LogP contribution in [0.4, 0.5) is 5.69 Å². The smallest absolute Gasteiger partial charge is 0.199 e. The van der Waals surface area contributed by atoms with Gasteiger partial charge in [-0.3, -0.25) is 4.90 Å². The largest absolute Gasteiger partial charge is 0.494 e. The lowest BCUT2D eigenvalue weighted by molar-refractivity contribution is 0.0849. The third-order valence-corrected chi connectivity index (χ3v) is 7.09. The van der Waals surface area contributed by atoms with Crippen LogP contribution in [-0.4, -0.2) is 77.7 Å². The molecule has 33 heavy (non-hydrogen) atoms. The number of likely N-dealkylation sites (tertiary alicyclic amines) is 1. The van der Waals surface area contributed by atoms with Crippen LogP contribution < -0.4 is 0 Å². The van der Waals surface area contributed by atoms with Crippen molar-refractivity contribution in [3.63, 3.8) is 0 Å². The predicted octanol–water partition coefficient (Wildman–Crippen LogP) is 4.52. The molecule has 3 heterocycles. The molecule has 3 aromatic rings. The van der Waals surface area contributed by atoms with Crippen LogP contribution in [0.25, 0.3) is 10.9 Å². The molecule has 5 rings (SSSR count). The maximum atomic E-state index is 10.7. The first-order valence-electron chi connectivity index (χ1n) is 11.3. The Hall–Kier alpha value is -2.68. The van der Waals surface area contributed by atoms with Crippen LogP contribution in [0, 0.1) is 0 Å². The number of benzene rings is 2. The van der Waals surface area contributed by atoms with E-state index in [9.17, 15) is 5.11 Å². The number of aromatic hydroxyl groups is 1. The van der Waals surface area contributed by atoms with Gasteiger partial charge in [0.2, 0.25) is 0 Å². The number of hydrogen-bond acceptors (Lipinski definition) is 6. The average molecular weight is 510 g/mol. The summed E-state index contributed by atoms with van der Waals surface area (Å²) in [5.74, 6) is 0.0735. The summed E-state index contributed by atoms with van der Waals surface area (Å²) in [5, 5.41) is 16.1. The van der Waals surface area contributed by atoms with E-state index in [0.29, 0.717) is 29.6 Å². The highest BCUT2D eigenvalue weighted by molar-refractivity contribution is 9.10. The number of piperidine rings is 1. The summed E-state index contributed by atoms with van der Waals surface area (Å²) < 4.78 is 0.929. The van der Waals surface area contributed by atoms with Crippen LogP contribution in [0.5, 0.6) is 5.88 Å². The third-order valence-electron chi connectivity index (χ3n) is 6.60. The number of aromatic amines is 1. The van der Waals surface area contributed by atoms with Gasteiger partial charge in [0.15, 0.2) is 5.88 Å². The second-order valence-corrected chi connectivity index (χ2v) is 9.72. The van der Waals surface area contributed by atoms with Gasteiger partial charge in [0.1, 0.15) is 18.0 Å². The van der Waals surface area contributed by atoms with Gasteiger partial charge in [-0.1, -0.05) is 39.3 Å². The fourth-order valence-electron chi connectivity index (χ4n) is 4.64. The Morgan fingerprint density at radius 3 is 2.85 bits per heavy atom. The summed E-state index contributed by atoms with van der Waals surface area (Å²) >= 11 is 3.53. The minimum absolute atomic E-state index is 0.0735. The number of halogens is 1. The highest BCUT2D eigenvalue weighted by Gasteiger charge is 2.29. The van der Waals surface area contributed by atoms with E-state index in [4.69, 9.17) is 9.83 Å². The molecule has 0 radical (unpaired) electrons. The Bertz CT molecular complexity index is 1230. The molecule has 0 bridgehead atoms. The van der Waals surface area contributed by atoms with E-state index in [1.807, 2.05) is 42.5 Å². The molecular weight excluding hydrogens is 482 g/mol. The molecule has 2 aliphatic rings. The second kappa shape index (κ2) is 9.29. The van der Waals surface area contributed by atoms with Crippen LogP contribution >= 0.6 is 15.9 Å². The molecule has 0 atom stereocenters. The van der Waals surface area contributed by atoms with Gasteiger partial charge in [0.25, 0.3) is 0 Å². The Morgan fingerprint density at radius 2 is 2.03 bits per heavy atom. The van der Waals surface area contributed by atoms with Crippen LogP contribution in [0.3, 0.4) is 0 Å².